The van der Waals surface area contributed by atoms with Gasteiger partial charge in [-0.2, -0.15) is 11.8 Å². The summed E-state index contributed by atoms with van der Waals surface area (Å²) in [4.78, 5) is 28.2. The summed E-state index contributed by atoms with van der Waals surface area (Å²) in [6.45, 7) is 1.24. The number of rotatable bonds is 7. The number of nitrogens with zero attached hydrogens (tertiary/aromatic N) is 3. The summed E-state index contributed by atoms with van der Waals surface area (Å²) in [7, 11) is 0. The van der Waals surface area contributed by atoms with Crippen LogP contribution in [0.15, 0.2) is 18.3 Å². The van der Waals surface area contributed by atoms with Crippen molar-refractivity contribution < 1.29 is 9.72 Å². The molecule has 8 nitrogen and oxygen atoms in total. The van der Waals surface area contributed by atoms with Crippen molar-refractivity contribution in [3.63, 3.8) is 0 Å². The molecule has 1 fully saturated rings. The summed E-state index contributed by atoms with van der Waals surface area (Å²) in [6, 6.07) is 2.62. The van der Waals surface area contributed by atoms with E-state index in [1.54, 1.807) is 22.7 Å². The Labute approximate surface area is 151 Å². The molecule has 0 aromatic carbocycles. The number of thioether (sulfide) groups is 1. The minimum atomic E-state index is -0.483. The molecule has 2 rings (SSSR count). The van der Waals surface area contributed by atoms with E-state index in [-0.39, 0.29) is 30.0 Å². The van der Waals surface area contributed by atoms with Crippen molar-refractivity contribution in [3.05, 3.63) is 28.4 Å². The van der Waals surface area contributed by atoms with E-state index < -0.39 is 11.0 Å². The Morgan fingerprint density at radius 2 is 2.38 bits per heavy atom. The predicted octanol–water partition coefficient (Wildman–Crippen LogP) is 1.50. The minimum Gasteiger partial charge on any atom is -0.365 e. The van der Waals surface area contributed by atoms with Crippen molar-refractivity contribution in [3.8, 4) is 0 Å². The predicted molar refractivity (Wildman–Crippen MR) is 97.7 cm³/mol. The normalized spacial score (nSPS) is 17.9. The van der Waals surface area contributed by atoms with Gasteiger partial charge >= 0.3 is 0 Å². The van der Waals surface area contributed by atoms with E-state index in [9.17, 15) is 14.9 Å². The maximum atomic E-state index is 12.2. The first kappa shape index (κ1) is 20.5. The number of halogens is 1. The van der Waals surface area contributed by atoms with Crippen LogP contribution in [0.2, 0.25) is 0 Å². The van der Waals surface area contributed by atoms with Crippen LogP contribution in [0, 0.1) is 10.1 Å². The lowest BCUT2D eigenvalue weighted by molar-refractivity contribution is -0.385. The van der Waals surface area contributed by atoms with E-state index in [0.717, 1.165) is 12.2 Å². The number of carbonyl (C=O) groups is 1. The van der Waals surface area contributed by atoms with Gasteiger partial charge in [-0.05, 0) is 30.9 Å². The Kier molecular flexibility index (Phi) is 8.23. The van der Waals surface area contributed by atoms with Gasteiger partial charge in [0.2, 0.25) is 5.91 Å². The molecule has 134 valence electrons. The van der Waals surface area contributed by atoms with E-state index in [1.807, 2.05) is 6.26 Å². The molecule has 1 unspecified atom stereocenters. The Bertz CT molecular complexity index is 560. The van der Waals surface area contributed by atoms with Crippen molar-refractivity contribution in [2.24, 2.45) is 5.73 Å². The van der Waals surface area contributed by atoms with Crippen LogP contribution in [0.3, 0.4) is 0 Å². The summed E-state index contributed by atoms with van der Waals surface area (Å²) in [5.74, 6) is 1.43. The van der Waals surface area contributed by atoms with E-state index >= 15 is 0 Å². The van der Waals surface area contributed by atoms with E-state index in [2.05, 4.69) is 10.3 Å². The molecule has 3 N–H and O–H groups in total. The first-order valence-corrected chi connectivity index (χ1v) is 8.81. The average molecular weight is 376 g/mol. The van der Waals surface area contributed by atoms with Crippen molar-refractivity contribution in [1.29, 1.82) is 0 Å². The summed E-state index contributed by atoms with van der Waals surface area (Å²) in [6.07, 6.45) is 4.70. The Balaban J connectivity index is 0.00000288. The maximum Gasteiger partial charge on any atom is 0.287 e. The average Bonchev–Trinajstić information content (AvgIpc) is 3.00. The molecule has 24 heavy (non-hydrogen) atoms. The fourth-order valence-electron chi connectivity index (χ4n) is 2.47. The van der Waals surface area contributed by atoms with Crippen LogP contribution >= 0.6 is 24.2 Å². The zero-order chi connectivity index (χ0) is 16.8. The molecule has 1 aliphatic rings. The Morgan fingerprint density at radius 1 is 1.62 bits per heavy atom. The summed E-state index contributed by atoms with van der Waals surface area (Å²) >= 11 is 1.68. The SMILES string of the molecule is CSCC[C@H](N)C(=O)N1CCC(Nc2ccc([N+](=O)[O-])cn2)C1.Cl. The van der Waals surface area contributed by atoms with Gasteiger partial charge in [0.1, 0.15) is 12.0 Å². The fraction of sp³-hybridized carbons (Fsp3) is 0.571. The van der Waals surface area contributed by atoms with Gasteiger partial charge in [-0.25, -0.2) is 4.98 Å². The van der Waals surface area contributed by atoms with E-state index in [0.29, 0.717) is 25.3 Å². The Hall–Kier alpha value is -1.58. The molecule has 1 saturated heterocycles. The van der Waals surface area contributed by atoms with Crippen LogP contribution in [-0.4, -0.2) is 57.9 Å². The lowest BCUT2D eigenvalue weighted by Gasteiger charge is -2.21. The van der Waals surface area contributed by atoms with Crippen LogP contribution < -0.4 is 11.1 Å². The summed E-state index contributed by atoms with van der Waals surface area (Å²) in [5, 5.41) is 13.8. The lowest BCUT2D eigenvalue weighted by atomic mass is 10.2. The standard InChI is InChI=1S/C14H21N5O3S.ClH/c1-23-7-5-12(15)14(20)18-6-4-10(9-18)17-13-3-2-11(8-16-13)19(21)22;/h2-3,8,10,12H,4-7,9,15H2,1H3,(H,16,17);1H/t10?,12-;/m0./s1. The van der Waals surface area contributed by atoms with Gasteiger partial charge in [-0.15, -0.1) is 12.4 Å². The third-order valence-corrected chi connectivity index (χ3v) is 4.40. The number of amides is 1. The number of nitro groups is 1. The van der Waals surface area contributed by atoms with Gasteiger partial charge in [0.05, 0.1) is 11.0 Å². The highest BCUT2D eigenvalue weighted by atomic mass is 35.5. The largest absolute Gasteiger partial charge is 0.365 e. The van der Waals surface area contributed by atoms with Gasteiger partial charge in [-0.1, -0.05) is 0 Å². The molecule has 10 heteroatoms. The molecular formula is C14H22ClN5O3S. The molecule has 0 spiro atoms. The molecule has 0 aliphatic carbocycles. The smallest absolute Gasteiger partial charge is 0.287 e. The molecule has 1 amide bonds. The molecule has 1 aliphatic heterocycles. The number of anilines is 1. The number of likely N-dealkylation sites (tertiary alicyclic amines) is 1. The molecule has 0 saturated carbocycles. The first-order chi connectivity index (χ1) is 11.0. The van der Waals surface area contributed by atoms with Crippen LogP contribution in [0.25, 0.3) is 0 Å². The van der Waals surface area contributed by atoms with Crippen LogP contribution in [-0.2, 0) is 4.79 Å². The number of nitrogens with one attached hydrogen (secondary N) is 1. The first-order valence-electron chi connectivity index (χ1n) is 7.41. The zero-order valence-electron chi connectivity index (χ0n) is 13.4. The van der Waals surface area contributed by atoms with Crippen LogP contribution in [0.5, 0.6) is 0 Å². The quantitative estimate of drug-likeness (QED) is 0.548. The highest BCUT2D eigenvalue weighted by Crippen LogP contribution is 2.17. The van der Waals surface area contributed by atoms with E-state index in [1.165, 1.54) is 12.3 Å². The van der Waals surface area contributed by atoms with Gasteiger partial charge < -0.3 is 16.0 Å². The van der Waals surface area contributed by atoms with E-state index in [4.69, 9.17) is 5.73 Å². The third kappa shape index (κ3) is 5.50. The molecule has 1 aromatic heterocycles. The number of hydrogen-bond donors (Lipinski definition) is 2. The second kappa shape index (κ2) is 9.65. The second-order valence-corrected chi connectivity index (χ2v) is 6.45. The number of hydrogen-bond acceptors (Lipinski definition) is 7. The van der Waals surface area contributed by atoms with Crippen molar-refractivity contribution >= 4 is 41.6 Å². The lowest BCUT2D eigenvalue weighted by Crippen LogP contribution is -2.43. The van der Waals surface area contributed by atoms with Crippen molar-refractivity contribution in [2.45, 2.75) is 24.9 Å². The molecule has 0 radical (unpaired) electrons. The maximum absolute atomic E-state index is 12.2. The van der Waals surface area contributed by atoms with Gasteiger partial charge in [-0.3, -0.25) is 14.9 Å². The Morgan fingerprint density at radius 3 is 2.96 bits per heavy atom. The minimum absolute atomic E-state index is 0. The monoisotopic (exact) mass is 375 g/mol. The van der Waals surface area contributed by atoms with Crippen molar-refractivity contribution in [2.75, 3.05) is 30.4 Å². The summed E-state index contributed by atoms with van der Waals surface area (Å²) in [5.41, 5.74) is 5.88. The van der Waals surface area contributed by atoms with Gasteiger partial charge in [0, 0.05) is 25.2 Å². The third-order valence-electron chi connectivity index (χ3n) is 3.76. The number of nitrogens with two attached hydrogens (primary N) is 1. The fourth-order valence-corrected chi connectivity index (χ4v) is 2.96. The topological polar surface area (TPSA) is 114 Å². The number of carbonyl (C=O) groups excluding carboxylic acids is 1. The molecule has 2 atom stereocenters. The van der Waals surface area contributed by atoms with Gasteiger partial charge in [0.15, 0.2) is 0 Å². The number of pyridine rings is 1. The summed E-state index contributed by atoms with van der Waals surface area (Å²) < 4.78 is 0. The highest BCUT2D eigenvalue weighted by molar-refractivity contribution is 7.98. The van der Waals surface area contributed by atoms with Gasteiger partial charge in [0.25, 0.3) is 5.69 Å². The second-order valence-electron chi connectivity index (χ2n) is 5.46. The molecule has 0 bridgehead atoms. The highest BCUT2D eigenvalue weighted by Gasteiger charge is 2.29. The molecular weight excluding hydrogens is 354 g/mol. The number of aromatic nitrogens is 1. The van der Waals surface area contributed by atoms with Crippen LogP contribution in [0.1, 0.15) is 12.8 Å². The zero-order valence-corrected chi connectivity index (χ0v) is 15.0. The van der Waals surface area contributed by atoms with Crippen LogP contribution in [0.4, 0.5) is 11.5 Å². The van der Waals surface area contributed by atoms with Crippen molar-refractivity contribution in [1.82, 2.24) is 9.88 Å². The molecule has 1 aromatic rings. The molecule has 2 heterocycles.